The van der Waals surface area contributed by atoms with Gasteiger partial charge in [0.2, 0.25) is 0 Å². The van der Waals surface area contributed by atoms with Crippen LogP contribution in [0, 0.1) is 0 Å². The molecule has 0 aliphatic rings. The van der Waals surface area contributed by atoms with E-state index in [0.29, 0.717) is 6.54 Å². The van der Waals surface area contributed by atoms with Crippen LogP contribution in [0.25, 0.3) is 6.08 Å². The lowest BCUT2D eigenvalue weighted by Gasteiger charge is -2.05. The molecule has 1 aromatic carbocycles. The number of aliphatic hydroxyl groups excluding tert-OH is 1. The maximum absolute atomic E-state index is 11.5. The van der Waals surface area contributed by atoms with Crippen LogP contribution in [0.4, 0.5) is 4.79 Å². The van der Waals surface area contributed by atoms with Crippen molar-refractivity contribution in [2.45, 2.75) is 13.2 Å². The molecule has 0 aliphatic heterocycles. The van der Waals surface area contributed by atoms with E-state index in [9.17, 15) is 4.79 Å². The highest BCUT2D eigenvalue weighted by Gasteiger charge is 2.00. The van der Waals surface area contributed by atoms with Gasteiger partial charge in [-0.05, 0) is 29.3 Å². The molecule has 0 saturated heterocycles. The standard InChI is InChI=1S/C17H18N2O3/c20-12-15-8-10-18-16(11-15)7-4-9-19-17(21)22-13-14-5-2-1-3-6-14/h1-8,10-11,20H,9,12-13H2,(H,19,21). The normalized spacial score (nSPS) is 10.6. The van der Waals surface area contributed by atoms with Gasteiger partial charge in [-0.25, -0.2) is 4.79 Å². The summed E-state index contributed by atoms with van der Waals surface area (Å²) in [7, 11) is 0. The fourth-order valence-electron chi connectivity index (χ4n) is 1.78. The monoisotopic (exact) mass is 298 g/mol. The molecule has 114 valence electrons. The minimum absolute atomic E-state index is 0.0204. The highest BCUT2D eigenvalue weighted by atomic mass is 16.5. The quantitative estimate of drug-likeness (QED) is 0.859. The predicted octanol–water partition coefficient (Wildman–Crippen LogP) is 2.51. The lowest BCUT2D eigenvalue weighted by Crippen LogP contribution is -2.24. The van der Waals surface area contributed by atoms with Gasteiger partial charge in [-0.15, -0.1) is 0 Å². The Morgan fingerprint density at radius 1 is 1.23 bits per heavy atom. The number of hydrogen-bond donors (Lipinski definition) is 2. The topological polar surface area (TPSA) is 71.5 Å². The molecule has 2 aromatic rings. The summed E-state index contributed by atoms with van der Waals surface area (Å²) < 4.78 is 5.08. The van der Waals surface area contributed by atoms with E-state index in [-0.39, 0.29) is 13.2 Å². The molecule has 0 spiro atoms. The van der Waals surface area contributed by atoms with Crippen LogP contribution in [-0.4, -0.2) is 22.7 Å². The van der Waals surface area contributed by atoms with E-state index in [0.717, 1.165) is 16.8 Å². The molecule has 1 amide bonds. The molecular formula is C17H18N2O3. The van der Waals surface area contributed by atoms with Crippen molar-refractivity contribution in [1.29, 1.82) is 0 Å². The van der Waals surface area contributed by atoms with Crippen LogP contribution in [0.3, 0.4) is 0 Å². The highest BCUT2D eigenvalue weighted by molar-refractivity contribution is 5.67. The first-order valence-corrected chi connectivity index (χ1v) is 6.95. The molecule has 0 radical (unpaired) electrons. The maximum atomic E-state index is 11.5. The van der Waals surface area contributed by atoms with Gasteiger partial charge in [0.15, 0.2) is 0 Å². The first-order valence-electron chi connectivity index (χ1n) is 6.95. The van der Waals surface area contributed by atoms with Crippen LogP contribution < -0.4 is 5.32 Å². The van der Waals surface area contributed by atoms with Gasteiger partial charge < -0.3 is 15.2 Å². The fourth-order valence-corrected chi connectivity index (χ4v) is 1.78. The Morgan fingerprint density at radius 2 is 2.05 bits per heavy atom. The zero-order valence-electron chi connectivity index (χ0n) is 12.1. The molecule has 5 heteroatoms. The summed E-state index contributed by atoms with van der Waals surface area (Å²) in [6, 6.07) is 13.0. The number of rotatable bonds is 6. The Balaban J connectivity index is 1.71. The SMILES string of the molecule is O=C(NCC=Cc1cc(CO)ccn1)OCc1ccccc1. The molecule has 0 atom stereocenters. The van der Waals surface area contributed by atoms with Crippen molar-refractivity contribution >= 4 is 12.2 Å². The Hall–Kier alpha value is -2.66. The Labute approximate surface area is 129 Å². The third-order valence-corrected chi connectivity index (χ3v) is 2.89. The highest BCUT2D eigenvalue weighted by Crippen LogP contribution is 2.03. The number of nitrogens with zero attached hydrogens (tertiary/aromatic N) is 1. The van der Waals surface area contributed by atoms with Gasteiger partial charge in [0.25, 0.3) is 0 Å². The van der Waals surface area contributed by atoms with E-state index in [1.54, 1.807) is 30.5 Å². The molecule has 0 unspecified atom stereocenters. The summed E-state index contributed by atoms with van der Waals surface area (Å²) in [5.41, 5.74) is 2.47. The summed E-state index contributed by atoms with van der Waals surface area (Å²) in [5, 5.41) is 11.7. The maximum Gasteiger partial charge on any atom is 0.407 e. The van der Waals surface area contributed by atoms with Crippen LogP contribution in [0.1, 0.15) is 16.8 Å². The average molecular weight is 298 g/mol. The number of pyridine rings is 1. The number of carbonyl (C=O) groups excluding carboxylic acids is 1. The zero-order valence-corrected chi connectivity index (χ0v) is 12.1. The molecule has 2 N–H and O–H groups in total. The van der Waals surface area contributed by atoms with E-state index in [1.165, 1.54) is 0 Å². The number of ether oxygens (including phenoxy) is 1. The molecule has 0 saturated carbocycles. The Bertz CT molecular complexity index is 627. The number of hydrogen-bond acceptors (Lipinski definition) is 4. The Morgan fingerprint density at radius 3 is 2.82 bits per heavy atom. The third kappa shape index (κ3) is 5.38. The van der Waals surface area contributed by atoms with Crippen LogP contribution in [0.2, 0.25) is 0 Å². The van der Waals surface area contributed by atoms with Crippen molar-refractivity contribution in [3.8, 4) is 0 Å². The molecule has 0 bridgehead atoms. The van der Waals surface area contributed by atoms with Crippen molar-refractivity contribution in [3.63, 3.8) is 0 Å². The van der Waals surface area contributed by atoms with Crippen LogP contribution in [0.5, 0.6) is 0 Å². The molecule has 0 aliphatic carbocycles. The fraction of sp³-hybridized carbons (Fsp3) is 0.176. The first kappa shape index (κ1) is 15.7. The minimum Gasteiger partial charge on any atom is -0.445 e. The van der Waals surface area contributed by atoms with Crippen LogP contribution >= 0.6 is 0 Å². The van der Waals surface area contributed by atoms with Crippen LogP contribution in [-0.2, 0) is 18.0 Å². The number of benzene rings is 1. The zero-order chi connectivity index (χ0) is 15.6. The molecule has 0 fully saturated rings. The lowest BCUT2D eigenvalue weighted by molar-refractivity contribution is 0.141. The molecule has 22 heavy (non-hydrogen) atoms. The van der Waals surface area contributed by atoms with E-state index in [2.05, 4.69) is 10.3 Å². The second kappa shape index (κ2) is 8.59. The van der Waals surface area contributed by atoms with Gasteiger partial charge in [0.05, 0.1) is 12.3 Å². The second-order valence-electron chi connectivity index (χ2n) is 4.59. The average Bonchev–Trinajstić information content (AvgIpc) is 2.58. The van der Waals surface area contributed by atoms with Gasteiger partial charge in [0, 0.05) is 12.7 Å². The number of aliphatic hydroxyl groups is 1. The van der Waals surface area contributed by atoms with Crippen molar-refractivity contribution in [1.82, 2.24) is 10.3 Å². The predicted molar refractivity (Wildman–Crippen MR) is 83.8 cm³/mol. The number of nitrogens with one attached hydrogen (secondary N) is 1. The molecule has 1 aromatic heterocycles. The number of amides is 1. The Kier molecular flexibility index (Phi) is 6.14. The van der Waals surface area contributed by atoms with Gasteiger partial charge in [-0.3, -0.25) is 4.98 Å². The van der Waals surface area contributed by atoms with Crippen molar-refractivity contribution in [2.75, 3.05) is 6.54 Å². The van der Waals surface area contributed by atoms with E-state index >= 15 is 0 Å². The minimum atomic E-state index is -0.467. The summed E-state index contributed by atoms with van der Waals surface area (Å²) in [6.45, 7) is 0.572. The summed E-state index contributed by atoms with van der Waals surface area (Å²) in [5.74, 6) is 0. The van der Waals surface area contributed by atoms with E-state index < -0.39 is 6.09 Å². The van der Waals surface area contributed by atoms with Crippen molar-refractivity contribution in [2.24, 2.45) is 0 Å². The largest absolute Gasteiger partial charge is 0.445 e. The number of aromatic nitrogens is 1. The van der Waals surface area contributed by atoms with Gasteiger partial charge >= 0.3 is 6.09 Å². The number of alkyl carbamates (subject to hydrolysis) is 1. The first-order chi connectivity index (χ1) is 10.8. The van der Waals surface area contributed by atoms with Crippen molar-refractivity contribution < 1.29 is 14.6 Å². The van der Waals surface area contributed by atoms with Crippen LogP contribution in [0.15, 0.2) is 54.7 Å². The van der Waals surface area contributed by atoms with Gasteiger partial charge in [0.1, 0.15) is 6.61 Å². The van der Waals surface area contributed by atoms with E-state index in [4.69, 9.17) is 9.84 Å². The second-order valence-corrected chi connectivity index (χ2v) is 4.59. The van der Waals surface area contributed by atoms with Gasteiger partial charge in [-0.2, -0.15) is 0 Å². The molecule has 5 nitrogen and oxygen atoms in total. The number of carbonyl (C=O) groups is 1. The van der Waals surface area contributed by atoms with Crippen molar-refractivity contribution in [3.05, 3.63) is 71.6 Å². The summed E-state index contributed by atoms with van der Waals surface area (Å²) in [4.78, 5) is 15.7. The van der Waals surface area contributed by atoms with E-state index in [1.807, 2.05) is 30.3 Å². The summed E-state index contributed by atoms with van der Waals surface area (Å²) >= 11 is 0. The lowest BCUT2D eigenvalue weighted by atomic mass is 10.2. The molecule has 2 rings (SSSR count). The smallest absolute Gasteiger partial charge is 0.407 e. The molecule has 1 heterocycles. The third-order valence-electron chi connectivity index (χ3n) is 2.89. The molecular weight excluding hydrogens is 280 g/mol. The summed E-state index contributed by atoms with van der Waals surface area (Å²) in [6.07, 6.45) is 4.71. The van der Waals surface area contributed by atoms with Gasteiger partial charge in [-0.1, -0.05) is 36.4 Å².